The molecule has 0 radical (unpaired) electrons. The van der Waals surface area contributed by atoms with Gasteiger partial charge in [0.05, 0.1) is 15.5 Å². The van der Waals surface area contributed by atoms with Crippen molar-refractivity contribution in [3.05, 3.63) is 42.5 Å². The topological polar surface area (TPSA) is 110 Å². The van der Waals surface area contributed by atoms with Crippen molar-refractivity contribution in [2.75, 3.05) is 30.1 Å². The van der Waals surface area contributed by atoms with Crippen LogP contribution in [0.5, 0.6) is 5.75 Å². The number of aliphatic hydroxyl groups is 1. The summed E-state index contributed by atoms with van der Waals surface area (Å²) in [6.07, 6.45) is 7.76. The smallest absolute Gasteiger partial charge is 0.339 e. The van der Waals surface area contributed by atoms with E-state index in [1.165, 1.54) is 18.7 Å². The predicted octanol–water partition coefficient (Wildman–Crippen LogP) is 7.25. The lowest BCUT2D eigenvalue weighted by Crippen LogP contribution is -2.41. The van der Waals surface area contributed by atoms with E-state index in [1.54, 1.807) is 6.07 Å². The van der Waals surface area contributed by atoms with Gasteiger partial charge in [-0.2, -0.15) is 10.6 Å². The second-order valence-corrected chi connectivity index (χ2v) is 13.2. The fourth-order valence-electron chi connectivity index (χ4n) is 4.90. The van der Waals surface area contributed by atoms with Gasteiger partial charge in [-0.1, -0.05) is 57.7 Å². The average Bonchev–Trinajstić information content (AvgIpc) is 2.97. The molecule has 0 spiro atoms. The molecule has 3 rings (SSSR count). The Morgan fingerprint density at radius 1 is 1.14 bits per heavy atom. The molecule has 7 nitrogen and oxygen atoms in total. The normalized spacial score (nSPS) is 18.8. The van der Waals surface area contributed by atoms with Gasteiger partial charge in [0.2, 0.25) is 0 Å². The third kappa shape index (κ3) is 6.95. The number of anilines is 2. The first kappa shape index (κ1) is 29.6. The molecular weight excluding hydrogens is 510 g/mol. The number of rotatable bonds is 12. The van der Waals surface area contributed by atoms with E-state index >= 15 is 0 Å². The van der Waals surface area contributed by atoms with Crippen molar-refractivity contribution >= 4 is 39.7 Å². The van der Waals surface area contributed by atoms with E-state index in [4.69, 9.17) is 4.74 Å². The molecule has 0 saturated heterocycles. The highest BCUT2D eigenvalue weighted by Gasteiger charge is 2.43. The molecule has 0 fully saturated rings. The molecule has 1 aliphatic rings. The lowest BCUT2D eigenvalue weighted by Gasteiger charge is -2.42. The first-order valence-corrected chi connectivity index (χ1v) is 15.8. The van der Waals surface area contributed by atoms with E-state index in [0.29, 0.717) is 17.2 Å². The molecule has 0 aliphatic carbocycles. The van der Waals surface area contributed by atoms with Crippen LogP contribution < -0.4 is 9.64 Å². The van der Waals surface area contributed by atoms with Crippen LogP contribution in [0, 0.1) is 5.41 Å². The number of thioether (sulfide) groups is 1. The number of nitrogens with zero attached hydrogens (tertiary/aromatic N) is 1. The maximum Gasteiger partial charge on any atom is 0.339 e. The van der Waals surface area contributed by atoms with Crippen molar-refractivity contribution in [1.82, 2.24) is 0 Å². The van der Waals surface area contributed by atoms with Gasteiger partial charge in [-0.3, -0.25) is 9.11 Å². The number of fused-ring (bicyclic) bond motifs is 1. The quantitative estimate of drug-likeness (QED) is 0.204. The first-order chi connectivity index (χ1) is 17.5. The summed E-state index contributed by atoms with van der Waals surface area (Å²) in [7, 11) is -3.22. The second-order valence-electron chi connectivity index (χ2n) is 10.3. The van der Waals surface area contributed by atoms with E-state index in [1.807, 2.05) is 42.7 Å². The van der Waals surface area contributed by atoms with Gasteiger partial charge in [-0.25, -0.2) is 4.79 Å². The molecule has 2 aromatic rings. The molecule has 4 N–H and O–H groups in total. The Hall–Kier alpha value is -1.91. The highest BCUT2D eigenvalue weighted by atomic mass is 32.3. The molecule has 0 bridgehead atoms. The molecule has 1 unspecified atom stereocenters. The summed E-state index contributed by atoms with van der Waals surface area (Å²) in [6, 6.07) is 13.6. The minimum Gasteiger partial charge on any atom is -0.489 e. The summed E-state index contributed by atoms with van der Waals surface area (Å²) in [4.78, 5) is 14.7. The van der Waals surface area contributed by atoms with Crippen LogP contribution in [-0.4, -0.2) is 56.0 Å². The Morgan fingerprint density at radius 2 is 1.76 bits per heavy atom. The molecule has 0 amide bonds. The zero-order valence-electron chi connectivity index (χ0n) is 22.3. The highest BCUT2D eigenvalue weighted by Crippen LogP contribution is 2.62. The summed E-state index contributed by atoms with van der Waals surface area (Å²) in [5.41, 5.74) is -0.653. The Balaban J connectivity index is 2.18. The number of carboxylic acid groups (broad SMARTS) is 1. The lowest BCUT2D eigenvalue weighted by molar-refractivity contribution is -0.159. The van der Waals surface area contributed by atoms with Gasteiger partial charge in [-0.15, -0.1) is 11.8 Å². The van der Waals surface area contributed by atoms with Crippen molar-refractivity contribution < 1.29 is 28.8 Å². The SMILES string of the molecule is CCCCC1(CCCC)CN(c2ccccc2)c2cc(SC)c(OCC(C)(O)C(=O)O)cc2S(O)(O)C1. The molecule has 1 aliphatic heterocycles. The number of para-hydroxylation sites is 1. The van der Waals surface area contributed by atoms with Crippen molar-refractivity contribution in [2.24, 2.45) is 5.41 Å². The number of benzene rings is 2. The summed E-state index contributed by atoms with van der Waals surface area (Å²) in [5.74, 6) is -0.791. The predicted molar refractivity (Wildman–Crippen MR) is 153 cm³/mol. The van der Waals surface area contributed by atoms with Crippen LogP contribution >= 0.6 is 22.4 Å². The van der Waals surface area contributed by atoms with E-state index < -0.39 is 28.8 Å². The van der Waals surface area contributed by atoms with Crippen LogP contribution in [0.25, 0.3) is 0 Å². The van der Waals surface area contributed by atoms with Crippen LogP contribution in [-0.2, 0) is 4.79 Å². The summed E-state index contributed by atoms with van der Waals surface area (Å²) in [5, 5.41) is 19.5. The average molecular weight is 552 g/mol. The van der Waals surface area contributed by atoms with E-state index in [0.717, 1.165) is 54.8 Å². The van der Waals surface area contributed by atoms with E-state index in [-0.39, 0.29) is 11.2 Å². The molecule has 9 heteroatoms. The Morgan fingerprint density at radius 3 is 2.30 bits per heavy atom. The molecule has 206 valence electrons. The molecule has 2 aromatic carbocycles. The van der Waals surface area contributed by atoms with E-state index in [2.05, 4.69) is 18.7 Å². The van der Waals surface area contributed by atoms with Gasteiger partial charge in [0.15, 0.2) is 5.60 Å². The Kier molecular flexibility index (Phi) is 9.85. The lowest BCUT2D eigenvalue weighted by atomic mass is 9.79. The monoisotopic (exact) mass is 551 g/mol. The maximum atomic E-state index is 11.7. The van der Waals surface area contributed by atoms with Gasteiger partial charge in [0, 0.05) is 29.5 Å². The number of aliphatic carboxylic acids is 1. The standard InChI is InChI=1S/C28H41NO6S2/c1-5-7-14-28(15-8-6-2)18-29(21-12-10-9-11-13-21)22-16-24(36-4)23(17-25(22)37(33,34)20-28)35-19-27(3,32)26(30)31/h9-13,16-17,32-34H,5-8,14-15,18-20H2,1-4H3,(H,30,31). The number of hydrogen-bond donors (Lipinski definition) is 4. The van der Waals surface area contributed by atoms with Crippen LogP contribution in [0.1, 0.15) is 59.3 Å². The third-order valence-electron chi connectivity index (χ3n) is 7.05. The zero-order chi connectivity index (χ0) is 27.3. The second kappa shape index (κ2) is 12.3. The van der Waals surface area contributed by atoms with Crippen LogP contribution in [0.2, 0.25) is 0 Å². The number of unbranched alkanes of at least 4 members (excludes halogenated alkanes) is 2. The van der Waals surface area contributed by atoms with Gasteiger partial charge >= 0.3 is 5.97 Å². The minimum atomic E-state index is -3.22. The van der Waals surface area contributed by atoms with Crippen molar-refractivity contribution in [3.8, 4) is 5.75 Å². The van der Waals surface area contributed by atoms with Crippen LogP contribution in [0.3, 0.4) is 0 Å². The zero-order valence-corrected chi connectivity index (χ0v) is 23.9. The van der Waals surface area contributed by atoms with E-state index in [9.17, 15) is 24.1 Å². The van der Waals surface area contributed by atoms with Crippen molar-refractivity contribution in [3.63, 3.8) is 0 Å². The van der Waals surface area contributed by atoms with Crippen LogP contribution in [0.15, 0.2) is 52.3 Å². The van der Waals surface area contributed by atoms with Crippen molar-refractivity contribution in [1.29, 1.82) is 0 Å². The summed E-state index contributed by atoms with van der Waals surface area (Å²) >= 11 is 1.42. The first-order valence-electron chi connectivity index (χ1n) is 12.9. The minimum absolute atomic E-state index is 0.265. The third-order valence-corrected chi connectivity index (χ3v) is 9.85. The molecule has 1 heterocycles. The highest BCUT2D eigenvalue weighted by molar-refractivity contribution is 8.24. The molecule has 0 saturated carbocycles. The molecular formula is C28H41NO6S2. The number of carboxylic acids is 1. The largest absolute Gasteiger partial charge is 0.489 e. The number of ether oxygens (including phenoxy) is 1. The van der Waals surface area contributed by atoms with Gasteiger partial charge in [0.25, 0.3) is 0 Å². The Bertz CT molecular complexity index is 1050. The number of carbonyl (C=O) groups is 1. The number of hydrogen-bond acceptors (Lipinski definition) is 7. The molecule has 37 heavy (non-hydrogen) atoms. The summed E-state index contributed by atoms with van der Waals surface area (Å²) in [6.45, 7) is 5.70. The maximum absolute atomic E-state index is 11.7. The van der Waals surface area contributed by atoms with Gasteiger partial charge in [-0.05, 0) is 44.2 Å². The molecule has 0 aromatic heterocycles. The van der Waals surface area contributed by atoms with Crippen LogP contribution in [0.4, 0.5) is 11.4 Å². The van der Waals surface area contributed by atoms with Gasteiger partial charge < -0.3 is 19.8 Å². The molecule has 1 atom stereocenters. The fourth-order valence-corrected chi connectivity index (χ4v) is 7.63. The Labute approximate surface area is 226 Å². The van der Waals surface area contributed by atoms with Gasteiger partial charge in [0.1, 0.15) is 12.4 Å². The van der Waals surface area contributed by atoms with Crippen molar-refractivity contribution in [2.45, 2.75) is 74.7 Å². The summed E-state index contributed by atoms with van der Waals surface area (Å²) < 4.78 is 29.2. The fraction of sp³-hybridized carbons (Fsp3) is 0.536.